The third-order valence-corrected chi connectivity index (χ3v) is 3.54. The lowest BCUT2D eigenvalue weighted by atomic mass is 10.2. The zero-order chi connectivity index (χ0) is 15.5. The Hall–Kier alpha value is -1.58. The van der Waals surface area contributed by atoms with E-state index in [9.17, 15) is 9.59 Å². The molecule has 0 bridgehead atoms. The number of hydrogen-bond donors (Lipinski definition) is 0. The summed E-state index contributed by atoms with van der Waals surface area (Å²) in [5.41, 5.74) is 0. The van der Waals surface area contributed by atoms with Crippen molar-refractivity contribution in [3.05, 3.63) is 25.3 Å². The summed E-state index contributed by atoms with van der Waals surface area (Å²) in [5, 5.41) is 0. The summed E-state index contributed by atoms with van der Waals surface area (Å²) < 4.78 is 10.9. The number of carbonyl (C=O) groups is 2. The molecule has 0 unspecified atom stereocenters. The van der Waals surface area contributed by atoms with Crippen molar-refractivity contribution in [2.75, 3.05) is 0 Å². The van der Waals surface area contributed by atoms with Crippen molar-refractivity contribution in [1.29, 1.82) is 0 Å². The van der Waals surface area contributed by atoms with Crippen LogP contribution in [0, 0.1) is 0 Å². The molecular weight excluding hydrogens is 268 g/mol. The van der Waals surface area contributed by atoms with Gasteiger partial charge in [0.1, 0.15) is 12.2 Å². The van der Waals surface area contributed by atoms with E-state index in [4.69, 9.17) is 9.47 Å². The summed E-state index contributed by atoms with van der Waals surface area (Å²) in [7, 11) is 0. The second-order valence-electron chi connectivity index (χ2n) is 5.35. The number of rotatable bonds is 10. The molecule has 0 radical (unpaired) electrons. The van der Waals surface area contributed by atoms with Crippen LogP contribution in [0.3, 0.4) is 0 Å². The number of hydrogen-bond acceptors (Lipinski definition) is 4. The SMILES string of the molecule is C=CCCCC(=O)O[C@@H]1CCC[C@H]1OC(=O)CCCC=C. The molecule has 21 heavy (non-hydrogen) atoms. The standard InChI is InChI=1S/C17H26O4/c1-3-5-7-12-16(18)20-14-10-9-11-15(14)21-17(19)13-8-6-4-2/h3-4,14-15H,1-2,5-13H2/t14-,15-/m1/s1. The fourth-order valence-corrected chi connectivity index (χ4v) is 2.40. The van der Waals surface area contributed by atoms with E-state index in [1.54, 1.807) is 12.2 Å². The highest BCUT2D eigenvalue weighted by Crippen LogP contribution is 2.26. The Morgan fingerprint density at radius 3 is 1.71 bits per heavy atom. The Bertz CT molecular complexity index is 328. The van der Waals surface area contributed by atoms with E-state index in [0.29, 0.717) is 12.8 Å². The van der Waals surface area contributed by atoms with Gasteiger partial charge in [0.2, 0.25) is 0 Å². The number of esters is 2. The molecule has 0 aliphatic heterocycles. The first-order valence-corrected chi connectivity index (χ1v) is 7.78. The predicted molar refractivity (Wildman–Crippen MR) is 81.7 cm³/mol. The monoisotopic (exact) mass is 294 g/mol. The fraction of sp³-hybridized carbons (Fsp3) is 0.647. The summed E-state index contributed by atoms with van der Waals surface area (Å²) in [4.78, 5) is 23.4. The molecule has 1 aliphatic rings. The molecule has 0 aromatic rings. The first kappa shape index (κ1) is 17.5. The van der Waals surface area contributed by atoms with Crippen LogP contribution in [0.25, 0.3) is 0 Å². The topological polar surface area (TPSA) is 52.6 Å². The van der Waals surface area contributed by atoms with Crippen LogP contribution in [0.2, 0.25) is 0 Å². The van der Waals surface area contributed by atoms with Crippen LogP contribution in [0.15, 0.2) is 25.3 Å². The van der Waals surface area contributed by atoms with Gasteiger partial charge in [-0.1, -0.05) is 12.2 Å². The molecule has 0 heterocycles. The summed E-state index contributed by atoms with van der Waals surface area (Å²) in [6.45, 7) is 7.24. The first-order chi connectivity index (χ1) is 10.2. The molecule has 0 amide bonds. The average Bonchev–Trinajstić information content (AvgIpc) is 2.86. The van der Waals surface area contributed by atoms with Crippen molar-refractivity contribution < 1.29 is 19.1 Å². The van der Waals surface area contributed by atoms with E-state index in [1.165, 1.54) is 0 Å². The maximum absolute atomic E-state index is 11.7. The van der Waals surface area contributed by atoms with E-state index in [-0.39, 0.29) is 24.1 Å². The van der Waals surface area contributed by atoms with Crippen molar-refractivity contribution in [2.45, 2.75) is 70.0 Å². The van der Waals surface area contributed by atoms with E-state index >= 15 is 0 Å². The van der Waals surface area contributed by atoms with Crippen molar-refractivity contribution >= 4 is 11.9 Å². The summed E-state index contributed by atoms with van der Waals surface area (Å²) in [6.07, 6.45) is 9.41. The number of carbonyl (C=O) groups excluding carboxylic acids is 2. The quantitative estimate of drug-likeness (QED) is 0.350. The van der Waals surface area contributed by atoms with Gasteiger partial charge in [-0.15, -0.1) is 13.2 Å². The van der Waals surface area contributed by atoms with Gasteiger partial charge in [0.25, 0.3) is 0 Å². The van der Waals surface area contributed by atoms with Gasteiger partial charge in [-0.05, 0) is 44.9 Å². The highest BCUT2D eigenvalue weighted by molar-refractivity contribution is 5.70. The molecule has 4 heteroatoms. The van der Waals surface area contributed by atoms with E-state index < -0.39 is 0 Å². The Balaban J connectivity index is 2.30. The van der Waals surface area contributed by atoms with Crippen molar-refractivity contribution in [1.82, 2.24) is 0 Å². The minimum Gasteiger partial charge on any atom is -0.458 e. The van der Waals surface area contributed by atoms with Crippen molar-refractivity contribution in [3.63, 3.8) is 0 Å². The average molecular weight is 294 g/mol. The lowest BCUT2D eigenvalue weighted by Gasteiger charge is -2.20. The normalized spacial score (nSPS) is 20.8. The molecule has 118 valence electrons. The van der Waals surface area contributed by atoms with Gasteiger partial charge in [0, 0.05) is 12.8 Å². The van der Waals surface area contributed by atoms with Crippen molar-refractivity contribution in [2.24, 2.45) is 0 Å². The molecule has 0 spiro atoms. The lowest BCUT2D eigenvalue weighted by Crippen LogP contribution is -2.30. The van der Waals surface area contributed by atoms with Crippen LogP contribution >= 0.6 is 0 Å². The molecule has 0 aromatic heterocycles. The number of unbranched alkanes of at least 4 members (excludes halogenated alkanes) is 2. The van der Waals surface area contributed by atoms with E-state index in [2.05, 4.69) is 13.2 Å². The molecule has 2 atom stereocenters. The molecule has 4 nitrogen and oxygen atoms in total. The summed E-state index contributed by atoms with van der Waals surface area (Å²) in [6, 6.07) is 0. The molecular formula is C17H26O4. The Morgan fingerprint density at radius 2 is 1.33 bits per heavy atom. The molecule has 0 aromatic carbocycles. The van der Waals surface area contributed by atoms with Crippen LogP contribution in [0.5, 0.6) is 0 Å². The van der Waals surface area contributed by atoms with Gasteiger partial charge in [-0.25, -0.2) is 0 Å². The fourth-order valence-electron chi connectivity index (χ4n) is 2.40. The predicted octanol–water partition coefficient (Wildman–Crippen LogP) is 3.71. The van der Waals surface area contributed by atoms with Gasteiger partial charge < -0.3 is 9.47 Å². The Morgan fingerprint density at radius 1 is 0.905 bits per heavy atom. The Kier molecular flexibility index (Phi) is 8.48. The van der Waals surface area contributed by atoms with Crippen LogP contribution in [0.4, 0.5) is 0 Å². The number of allylic oxidation sites excluding steroid dienone is 2. The molecule has 0 saturated heterocycles. The van der Waals surface area contributed by atoms with E-state index in [0.717, 1.165) is 44.9 Å². The minimum absolute atomic E-state index is 0.212. The third-order valence-electron chi connectivity index (χ3n) is 3.54. The van der Waals surface area contributed by atoms with Crippen LogP contribution in [-0.2, 0) is 19.1 Å². The maximum Gasteiger partial charge on any atom is 0.306 e. The third kappa shape index (κ3) is 7.11. The molecule has 1 saturated carbocycles. The van der Waals surface area contributed by atoms with Gasteiger partial charge in [0.05, 0.1) is 0 Å². The first-order valence-electron chi connectivity index (χ1n) is 7.78. The largest absolute Gasteiger partial charge is 0.458 e. The van der Waals surface area contributed by atoms with Gasteiger partial charge in [-0.2, -0.15) is 0 Å². The van der Waals surface area contributed by atoms with E-state index in [1.807, 2.05) is 0 Å². The number of ether oxygens (including phenoxy) is 2. The van der Waals surface area contributed by atoms with Gasteiger partial charge in [0.15, 0.2) is 0 Å². The van der Waals surface area contributed by atoms with Gasteiger partial charge >= 0.3 is 11.9 Å². The molecule has 1 rings (SSSR count). The summed E-state index contributed by atoms with van der Waals surface area (Å²) in [5.74, 6) is -0.423. The lowest BCUT2D eigenvalue weighted by molar-refractivity contribution is -0.165. The second-order valence-corrected chi connectivity index (χ2v) is 5.35. The van der Waals surface area contributed by atoms with Gasteiger partial charge in [-0.3, -0.25) is 9.59 Å². The highest BCUT2D eigenvalue weighted by Gasteiger charge is 2.33. The summed E-state index contributed by atoms with van der Waals surface area (Å²) >= 11 is 0. The van der Waals surface area contributed by atoms with Crippen LogP contribution in [0.1, 0.15) is 57.8 Å². The Labute approximate surface area is 127 Å². The zero-order valence-electron chi connectivity index (χ0n) is 12.7. The van der Waals surface area contributed by atoms with Crippen molar-refractivity contribution in [3.8, 4) is 0 Å². The minimum atomic E-state index is -0.274. The molecule has 1 aliphatic carbocycles. The highest BCUT2D eigenvalue weighted by atomic mass is 16.6. The second kappa shape index (κ2) is 10.2. The zero-order valence-corrected chi connectivity index (χ0v) is 12.7. The maximum atomic E-state index is 11.7. The smallest absolute Gasteiger partial charge is 0.306 e. The van der Waals surface area contributed by atoms with Crippen LogP contribution in [-0.4, -0.2) is 24.1 Å². The molecule has 0 N–H and O–H groups in total. The molecule has 1 fully saturated rings. The van der Waals surface area contributed by atoms with Crippen LogP contribution < -0.4 is 0 Å².